The van der Waals surface area contributed by atoms with E-state index in [0.29, 0.717) is 38.0 Å². The maximum Gasteiger partial charge on any atom is 0.338 e. The van der Waals surface area contributed by atoms with E-state index in [-0.39, 0.29) is 12.2 Å². The van der Waals surface area contributed by atoms with Gasteiger partial charge in [-0.15, -0.1) is 0 Å². The molecule has 5 rings (SSSR count). The molecule has 0 fully saturated rings. The first-order valence-corrected chi connectivity index (χ1v) is 14.4. The predicted octanol–water partition coefficient (Wildman–Crippen LogP) is 5.10. The summed E-state index contributed by atoms with van der Waals surface area (Å²) in [4.78, 5) is 34.2. The number of carbonyl (C=O) groups excluding carboxylic acids is 1. The van der Waals surface area contributed by atoms with Gasteiger partial charge in [-0.1, -0.05) is 65.4 Å². The van der Waals surface area contributed by atoms with E-state index >= 15 is 0 Å². The van der Waals surface area contributed by atoms with Gasteiger partial charge >= 0.3 is 5.97 Å². The monoisotopic (exact) mass is 587 g/mol. The van der Waals surface area contributed by atoms with Crippen molar-refractivity contribution in [1.82, 2.24) is 4.57 Å². The zero-order valence-corrected chi connectivity index (χ0v) is 24.8. The van der Waals surface area contributed by atoms with Gasteiger partial charge in [-0.2, -0.15) is 0 Å². The van der Waals surface area contributed by atoms with Crippen molar-refractivity contribution in [2.45, 2.75) is 26.5 Å². The second kappa shape index (κ2) is 12.2. The Kier molecular flexibility index (Phi) is 8.42. The van der Waals surface area contributed by atoms with E-state index in [4.69, 9.17) is 21.1 Å². The Morgan fingerprint density at radius 1 is 1.10 bits per heavy atom. The lowest BCUT2D eigenvalue weighted by atomic mass is 9.95. The molecule has 3 aromatic carbocycles. The van der Waals surface area contributed by atoms with Crippen LogP contribution in [0.25, 0.3) is 6.08 Å². The molecule has 210 valence electrons. The van der Waals surface area contributed by atoms with Crippen LogP contribution in [0.1, 0.15) is 36.6 Å². The number of thiazole rings is 1. The van der Waals surface area contributed by atoms with Gasteiger partial charge in [-0.05, 0) is 61.4 Å². The second-order valence-corrected chi connectivity index (χ2v) is 11.2. The fourth-order valence-corrected chi connectivity index (χ4v) is 5.92. The molecule has 0 spiro atoms. The summed E-state index contributed by atoms with van der Waals surface area (Å²) < 4.78 is 13.5. The van der Waals surface area contributed by atoms with Gasteiger partial charge in [0.25, 0.3) is 5.56 Å². The van der Waals surface area contributed by atoms with Gasteiger partial charge < -0.3 is 14.4 Å². The van der Waals surface area contributed by atoms with Crippen molar-refractivity contribution in [3.8, 4) is 5.75 Å². The van der Waals surface area contributed by atoms with Crippen molar-refractivity contribution >= 4 is 40.7 Å². The van der Waals surface area contributed by atoms with Crippen molar-refractivity contribution in [1.29, 1.82) is 0 Å². The minimum Gasteiger partial charge on any atom is -0.489 e. The number of esters is 1. The third-order valence-corrected chi connectivity index (χ3v) is 8.10. The number of ether oxygens (including phenoxy) is 2. The molecule has 9 heteroatoms. The van der Waals surface area contributed by atoms with Crippen LogP contribution < -0.4 is 24.5 Å². The normalized spacial score (nSPS) is 14.9. The highest BCUT2D eigenvalue weighted by molar-refractivity contribution is 7.07. The summed E-state index contributed by atoms with van der Waals surface area (Å²) in [7, 11) is 3.92. The Hall–Kier alpha value is -4.14. The number of allylic oxidation sites excluding steroid dienone is 1. The van der Waals surface area contributed by atoms with Crippen LogP contribution in [0.3, 0.4) is 0 Å². The van der Waals surface area contributed by atoms with Crippen molar-refractivity contribution in [3.05, 3.63) is 125 Å². The van der Waals surface area contributed by atoms with Crippen LogP contribution in [0.15, 0.2) is 93.9 Å². The molecule has 0 aliphatic carbocycles. The zero-order chi connectivity index (χ0) is 29.1. The molecule has 4 aromatic rings. The van der Waals surface area contributed by atoms with Gasteiger partial charge in [0.1, 0.15) is 12.4 Å². The average molecular weight is 588 g/mol. The van der Waals surface area contributed by atoms with Crippen LogP contribution in [0.5, 0.6) is 5.75 Å². The van der Waals surface area contributed by atoms with Gasteiger partial charge in [-0.25, -0.2) is 9.79 Å². The highest BCUT2D eigenvalue weighted by Crippen LogP contribution is 2.31. The first kappa shape index (κ1) is 28.4. The molecule has 41 heavy (non-hydrogen) atoms. The average Bonchev–Trinajstić information content (AvgIpc) is 3.26. The summed E-state index contributed by atoms with van der Waals surface area (Å²) in [5.74, 6) is 0.179. The minimum absolute atomic E-state index is 0.223. The molecule has 2 heterocycles. The van der Waals surface area contributed by atoms with Crippen molar-refractivity contribution < 1.29 is 14.3 Å². The van der Waals surface area contributed by atoms with Crippen LogP contribution >= 0.6 is 22.9 Å². The number of fused-ring (bicyclic) bond motifs is 1. The van der Waals surface area contributed by atoms with Crippen LogP contribution in [0, 0.1) is 0 Å². The topological polar surface area (TPSA) is 73.1 Å². The van der Waals surface area contributed by atoms with E-state index in [1.807, 2.05) is 97.9 Å². The summed E-state index contributed by atoms with van der Waals surface area (Å²) in [5, 5.41) is 0.646. The van der Waals surface area contributed by atoms with Gasteiger partial charge in [0, 0.05) is 30.4 Å². The lowest BCUT2D eigenvalue weighted by Gasteiger charge is -2.25. The molecule has 1 aliphatic heterocycles. The second-order valence-electron chi connectivity index (χ2n) is 9.74. The number of halogens is 1. The number of carbonyl (C=O) groups is 1. The molecule has 0 bridgehead atoms. The molecule has 1 aromatic heterocycles. The first-order chi connectivity index (χ1) is 19.8. The number of rotatable bonds is 8. The van der Waals surface area contributed by atoms with Gasteiger partial charge in [0.05, 0.1) is 28.5 Å². The summed E-state index contributed by atoms with van der Waals surface area (Å²) in [6.07, 6.45) is 1.82. The van der Waals surface area contributed by atoms with Crippen LogP contribution in [0.4, 0.5) is 5.69 Å². The highest BCUT2D eigenvalue weighted by Gasteiger charge is 2.33. The Bertz CT molecular complexity index is 1810. The molecule has 0 saturated heterocycles. The molecule has 0 saturated carbocycles. The van der Waals surface area contributed by atoms with Gasteiger partial charge in [0.15, 0.2) is 4.80 Å². The fraction of sp³-hybridized carbons (Fsp3) is 0.219. The molecule has 0 N–H and O–H groups in total. The van der Waals surface area contributed by atoms with E-state index < -0.39 is 12.0 Å². The van der Waals surface area contributed by atoms with Crippen molar-refractivity contribution in [2.75, 3.05) is 25.6 Å². The molecular weight excluding hydrogens is 558 g/mol. The molecular formula is C32H30ClN3O4S. The number of nitrogens with zero attached hydrogens (tertiary/aromatic N) is 3. The summed E-state index contributed by atoms with van der Waals surface area (Å²) in [6, 6.07) is 22.2. The first-order valence-electron chi connectivity index (χ1n) is 13.2. The Morgan fingerprint density at radius 2 is 1.85 bits per heavy atom. The Labute approximate surface area is 247 Å². The van der Waals surface area contributed by atoms with Crippen LogP contribution in [-0.4, -0.2) is 31.2 Å². The fourth-order valence-electron chi connectivity index (χ4n) is 4.68. The number of benzene rings is 3. The lowest BCUT2D eigenvalue weighted by Crippen LogP contribution is -2.39. The third kappa shape index (κ3) is 5.99. The summed E-state index contributed by atoms with van der Waals surface area (Å²) >= 11 is 7.55. The maximum atomic E-state index is 13.9. The highest BCUT2D eigenvalue weighted by atomic mass is 35.5. The largest absolute Gasteiger partial charge is 0.489 e. The van der Waals surface area contributed by atoms with Gasteiger partial charge in [0.2, 0.25) is 0 Å². The Balaban J connectivity index is 1.55. The number of aromatic nitrogens is 1. The minimum atomic E-state index is -0.658. The third-order valence-electron chi connectivity index (χ3n) is 6.75. The standard InChI is InChI=1S/C32H30ClN3O4S/c1-5-39-31(38)28-20(2)34-32-36(29(28)22-13-15-24(16-14-22)35(3)4)30(37)27(41-32)18-21-9-8-11-25(17-21)40-19-23-10-6-7-12-26(23)33/h6-18,29H,5,19H2,1-4H3. The van der Waals surface area contributed by atoms with Crippen LogP contribution in [0.2, 0.25) is 5.02 Å². The number of anilines is 1. The molecule has 7 nitrogen and oxygen atoms in total. The maximum absolute atomic E-state index is 13.9. The summed E-state index contributed by atoms with van der Waals surface area (Å²) in [5.41, 5.74) is 4.17. The van der Waals surface area contributed by atoms with Gasteiger partial charge in [-0.3, -0.25) is 9.36 Å². The van der Waals surface area contributed by atoms with E-state index in [0.717, 1.165) is 22.4 Å². The molecule has 0 radical (unpaired) electrons. The zero-order valence-electron chi connectivity index (χ0n) is 23.3. The smallest absolute Gasteiger partial charge is 0.338 e. The lowest BCUT2D eigenvalue weighted by molar-refractivity contribution is -0.139. The molecule has 1 atom stereocenters. The predicted molar refractivity (Wildman–Crippen MR) is 163 cm³/mol. The van der Waals surface area contributed by atoms with E-state index in [1.165, 1.54) is 11.3 Å². The summed E-state index contributed by atoms with van der Waals surface area (Å²) in [6.45, 7) is 4.09. The van der Waals surface area contributed by atoms with Crippen molar-refractivity contribution in [2.24, 2.45) is 4.99 Å². The van der Waals surface area contributed by atoms with Crippen LogP contribution in [-0.2, 0) is 16.1 Å². The molecule has 1 unspecified atom stereocenters. The Morgan fingerprint density at radius 3 is 2.56 bits per heavy atom. The molecule has 0 amide bonds. The van der Waals surface area contributed by atoms with E-state index in [2.05, 4.69) is 4.99 Å². The number of hydrogen-bond donors (Lipinski definition) is 0. The van der Waals surface area contributed by atoms with Crippen molar-refractivity contribution in [3.63, 3.8) is 0 Å². The van der Waals surface area contributed by atoms with E-state index in [1.54, 1.807) is 18.4 Å². The molecule has 1 aliphatic rings. The van der Waals surface area contributed by atoms with E-state index in [9.17, 15) is 9.59 Å². The quantitative estimate of drug-likeness (QED) is 0.268. The SMILES string of the molecule is CCOC(=O)C1=C(C)N=c2sc(=Cc3cccc(OCc4ccccc4Cl)c3)c(=O)n2C1c1ccc(N(C)C)cc1. The number of hydrogen-bond acceptors (Lipinski definition) is 7.